The predicted octanol–water partition coefficient (Wildman–Crippen LogP) is 5.18. The highest BCUT2D eigenvalue weighted by atomic mass is 16.7. The molecule has 5 heteroatoms. The normalized spacial score (nSPS) is 19.7. The molecule has 1 fully saturated rings. The van der Waals surface area contributed by atoms with Crippen LogP contribution >= 0.6 is 0 Å². The first kappa shape index (κ1) is 19.7. The van der Waals surface area contributed by atoms with E-state index in [9.17, 15) is 4.79 Å². The van der Waals surface area contributed by atoms with Crippen molar-refractivity contribution in [1.82, 2.24) is 15.0 Å². The number of nitrogens with zero attached hydrogens (tertiary/aromatic N) is 2. The van der Waals surface area contributed by atoms with E-state index in [1.807, 2.05) is 65.7 Å². The Morgan fingerprint density at radius 2 is 1.42 bits per heavy atom. The zero-order chi connectivity index (χ0) is 21.0. The summed E-state index contributed by atoms with van der Waals surface area (Å²) in [7, 11) is 0. The Balaban J connectivity index is 1.39. The summed E-state index contributed by atoms with van der Waals surface area (Å²) in [6.45, 7) is 0.487. The average Bonchev–Trinajstić information content (AvgIpc) is 3.23. The number of hydroxylamine groups is 2. The first-order valence-electron chi connectivity index (χ1n) is 10.7. The van der Waals surface area contributed by atoms with Gasteiger partial charge < -0.3 is 4.98 Å². The molecule has 0 amide bonds. The molecule has 0 spiro atoms. The van der Waals surface area contributed by atoms with Crippen LogP contribution in [0.2, 0.25) is 0 Å². The Kier molecular flexibility index (Phi) is 5.61. The number of hydrogen-bond acceptors (Lipinski definition) is 4. The number of fused-ring (bicyclic) bond motifs is 1. The Hall–Kier alpha value is -3.28. The van der Waals surface area contributed by atoms with Gasteiger partial charge in [-0.1, -0.05) is 72.8 Å². The summed E-state index contributed by atoms with van der Waals surface area (Å²) in [5, 5.41) is 2.04. The minimum Gasteiger partial charge on any atom is -0.342 e. The largest absolute Gasteiger partial charge is 0.342 e. The lowest BCUT2D eigenvalue weighted by molar-refractivity contribution is -0.228. The maximum atomic E-state index is 12.7. The Morgan fingerprint density at radius 3 is 2.03 bits per heavy atom. The standard InChI is InChI=1S/C26H25N3O2/c30-21-17-24(19-9-3-1-4-10-19)29(25(18-21)20-11-5-2-6-12-20)31-16-15-26-27-22-13-7-8-14-23(22)28-26/h1-14,24-25H,15-18H2,(H,27,28). The number of Topliss-reactive ketones (excluding diaryl/α,β-unsaturated/α-hetero) is 1. The number of H-pyrrole nitrogens is 1. The van der Waals surface area contributed by atoms with E-state index in [4.69, 9.17) is 4.84 Å². The number of benzene rings is 3. The second-order valence-electron chi connectivity index (χ2n) is 7.94. The van der Waals surface area contributed by atoms with E-state index in [1.54, 1.807) is 0 Å². The van der Waals surface area contributed by atoms with Gasteiger partial charge in [-0.3, -0.25) is 9.63 Å². The molecule has 2 atom stereocenters. The molecule has 5 rings (SSSR count). The molecule has 4 aromatic rings. The molecule has 1 aliphatic rings. The summed E-state index contributed by atoms with van der Waals surface area (Å²) in [5.41, 5.74) is 4.19. The number of aromatic nitrogens is 2. The minimum absolute atomic E-state index is 0.108. The van der Waals surface area contributed by atoms with Gasteiger partial charge in [0.2, 0.25) is 0 Å². The van der Waals surface area contributed by atoms with Crippen LogP contribution in [0.3, 0.4) is 0 Å². The van der Waals surface area contributed by atoms with Crippen molar-refractivity contribution in [1.29, 1.82) is 0 Å². The number of para-hydroxylation sites is 2. The van der Waals surface area contributed by atoms with Gasteiger partial charge >= 0.3 is 0 Å². The van der Waals surface area contributed by atoms with E-state index >= 15 is 0 Å². The smallest absolute Gasteiger partial charge is 0.136 e. The Bertz CT molecular complexity index is 1070. The van der Waals surface area contributed by atoms with Crippen LogP contribution in [0.1, 0.15) is 41.9 Å². The number of ketones is 1. The lowest BCUT2D eigenvalue weighted by Gasteiger charge is -2.40. The highest BCUT2D eigenvalue weighted by Crippen LogP contribution is 2.40. The minimum atomic E-state index is -0.108. The molecule has 2 unspecified atom stereocenters. The topological polar surface area (TPSA) is 58.2 Å². The van der Waals surface area contributed by atoms with Gasteiger partial charge in [0.05, 0.1) is 29.7 Å². The van der Waals surface area contributed by atoms with E-state index in [1.165, 1.54) is 0 Å². The van der Waals surface area contributed by atoms with E-state index in [2.05, 4.69) is 34.2 Å². The van der Waals surface area contributed by atoms with Crippen molar-refractivity contribution in [2.45, 2.75) is 31.3 Å². The summed E-state index contributed by atoms with van der Waals surface area (Å²) >= 11 is 0. The Labute approximate surface area is 181 Å². The zero-order valence-electron chi connectivity index (χ0n) is 17.3. The number of piperidine rings is 1. The molecule has 1 saturated heterocycles. The van der Waals surface area contributed by atoms with Crippen LogP contribution in [0, 0.1) is 0 Å². The fourth-order valence-electron chi connectivity index (χ4n) is 4.34. The highest BCUT2D eigenvalue weighted by Gasteiger charge is 2.37. The highest BCUT2D eigenvalue weighted by molar-refractivity contribution is 5.81. The molecular formula is C26H25N3O2. The maximum absolute atomic E-state index is 12.7. The summed E-state index contributed by atoms with van der Waals surface area (Å²) in [6.07, 6.45) is 1.58. The third-order valence-corrected chi connectivity index (χ3v) is 5.84. The molecule has 5 nitrogen and oxygen atoms in total. The maximum Gasteiger partial charge on any atom is 0.136 e. The number of rotatable bonds is 6. The fourth-order valence-corrected chi connectivity index (χ4v) is 4.34. The molecule has 2 heterocycles. The second kappa shape index (κ2) is 8.84. The average molecular weight is 412 g/mol. The third-order valence-electron chi connectivity index (χ3n) is 5.84. The molecule has 31 heavy (non-hydrogen) atoms. The number of imidazole rings is 1. The van der Waals surface area contributed by atoms with Gasteiger partial charge in [0.1, 0.15) is 11.6 Å². The van der Waals surface area contributed by atoms with Crippen LogP contribution in [-0.2, 0) is 16.1 Å². The summed E-state index contributed by atoms with van der Waals surface area (Å²) in [5.74, 6) is 1.17. The Morgan fingerprint density at radius 1 is 0.839 bits per heavy atom. The van der Waals surface area contributed by atoms with Gasteiger partial charge in [0.15, 0.2) is 0 Å². The zero-order valence-corrected chi connectivity index (χ0v) is 17.3. The van der Waals surface area contributed by atoms with Crippen LogP contribution in [0.4, 0.5) is 0 Å². The van der Waals surface area contributed by atoms with Crippen LogP contribution in [0.15, 0.2) is 84.9 Å². The van der Waals surface area contributed by atoms with E-state index in [-0.39, 0.29) is 17.9 Å². The molecule has 156 valence electrons. The summed E-state index contributed by atoms with van der Waals surface area (Å²) < 4.78 is 0. The van der Waals surface area contributed by atoms with Gasteiger partial charge in [-0.15, -0.1) is 0 Å². The molecule has 3 aromatic carbocycles. The van der Waals surface area contributed by atoms with Crippen molar-refractivity contribution in [2.75, 3.05) is 6.61 Å². The summed E-state index contributed by atoms with van der Waals surface area (Å²) in [4.78, 5) is 27.1. The molecule has 1 aromatic heterocycles. The molecule has 0 radical (unpaired) electrons. The summed E-state index contributed by atoms with van der Waals surface area (Å²) in [6, 6.07) is 28.1. The first-order valence-corrected chi connectivity index (χ1v) is 10.7. The van der Waals surface area contributed by atoms with E-state index in [0.717, 1.165) is 28.0 Å². The molecule has 1 N–H and O–H groups in total. The number of aromatic amines is 1. The van der Waals surface area contributed by atoms with Crippen LogP contribution < -0.4 is 0 Å². The lowest BCUT2D eigenvalue weighted by atomic mass is 9.89. The van der Waals surface area contributed by atoms with Gasteiger partial charge in [-0.25, -0.2) is 4.98 Å². The molecule has 0 aliphatic carbocycles. The van der Waals surface area contributed by atoms with Crippen molar-refractivity contribution in [3.8, 4) is 0 Å². The third kappa shape index (κ3) is 4.29. The van der Waals surface area contributed by atoms with E-state index in [0.29, 0.717) is 25.9 Å². The molecule has 0 saturated carbocycles. The van der Waals surface area contributed by atoms with E-state index < -0.39 is 0 Å². The molecular weight excluding hydrogens is 386 g/mol. The first-order chi connectivity index (χ1) is 15.3. The second-order valence-corrected chi connectivity index (χ2v) is 7.94. The van der Waals surface area contributed by atoms with Gasteiger partial charge in [0.25, 0.3) is 0 Å². The quantitative estimate of drug-likeness (QED) is 0.475. The van der Waals surface area contributed by atoms with Crippen LogP contribution in [-0.4, -0.2) is 27.4 Å². The van der Waals surface area contributed by atoms with Gasteiger partial charge in [0, 0.05) is 19.3 Å². The van der Waals surface area contributed by atoms with Gasteiger partial charge in [-0.2, -0.15) is 5.06 Å². The number of nitrogens with one attached hydrogen (secondary N) is 1. The van der Waals surface area contributed by atoms with Crippen molar-refractivity contribution < 1.29 is 9.63 Å². The lowest BCUT2D eigenvalue weighted by Crippen LogP contribution is -2.40. The predicted molar refractivity (Wildman–Crippen MR) is 120 cm³/mol. The fraction of sp³-hybridized carbons (Fsp3) is 0.231. The SMILES string of the molecule is O=C1CC(c2ccccc2)N(OCCc2nc3ccccc3[nH]2)C(c2ccccc2)C1. The molecule has 1 aliphatic heterocycles. The van der Waals surface area contributed by atoms with Crippen molar-refractivity contribution in [3.63, 3.8) is 0 Å². The van der Waals surface area contributed by atoms with Crippen LogP contribution in [0.5, 0.6) is 0 Å². The van der Waals surface area contributed by atoms with Crippen LogP contribution in [0.25, 0.3) is 11.0 Å². The monoisotopic (exact) mass is 411 g/mol. The number of carbonyl (C=O) groups excluding carboxylic acids is 1. The van der Waals surface area contributed by atoms with Crippen molar-refractivity contribution in [3.05, 3.63) is 102 Å². The van der Waals surface area contributed by atoms with Gasteiger partial charge in [-0.05, 0) is 23.3 Å². The van der Waals surface area contributed by atoms with Crippen molar-refractivity contribution in [2.24, 2.45) is 0 Å². The molecule has 0 bridgehead atoms. The number of carbonyl (C=O) groups is 1. The van der Waals surface area contributed by atoms with Crippen molar-refractivity contribution >= 4 is 16.8 Å². The number of hydrogen-bond donors (Lipinski definition) is 1.